The first kappa shape index (κ1) is 28.6. The van der Waals surface area contributed by atoms with Gasteiger partial charge in [-0.3, -0.25) is 14.4 Å². The van der Waals surface area contributed by atoms with Gasteiger partial charge in [-0.05, 0) is 12.8 Å². The fourth-order valence-electron chi connectivity index (χ4n) is 2.70. The van der Waals surface area contributed by atoms with Gasteiger partial charge in [0.05, 0.1) is 0 Å². The molecule has 0 saturated carbocycles. The summed E-state index contributed by atoms with van der Waals surface area (Å²) in [6.45, 7) is 2.26. The number of aliphatic carboxylic acids is 3. The Morgan fingerprint density at radius 2 is 1.00 bits per heavy atom. The number of unbranched alkanes of at least 4 members (excludes halogenated alkanes) is 12. The average molecular weight is 404 g/mol. The highest BCUT2D eigenvalue weighted by molar-refractivity contribution is 5.74. The summed E-state index contributed by atoms with van der Waals surface area (Å²) in [7, 11) is 0. The Balaban J connectivity index is 0. The van der Waals surface area contributed by atoms with Gasteiger partial charge in [-0.2, -0.15) is 0 Å². The summed E-state index contributed by atoms with van der Waals surface area (Å²) < 4.78 is 0. The maximum Gasteiger partial charge on any atom is 0.320 e. The van der Waals surface area contributed by atoms with Crippen molar-refractivity contribution in [2.45, 2.75) is 116 Å². The lowest BCUT2D eigenvalue weighted by atomic mass is 10.0. The van der Waals surface area contributed by atoms with Gasteiger partial charge in [0, 0.05) is 12.8 Å². The highest BCUT2D eigenvalue weighted by Crippen LogP contribution is 2.12. The molecular formula is C21H41NO6. The number of carbonyl (C=O) groups is 3. The van der Waals surface area contributed by atoms with Crippen LogP contribution >= 0.6 is 0 Å². The van der Waals surface area contributed by atoms with Crippen molar-refractivity contribution in [1.82, 2.24) is 0 Å². The van der Waals surface area contributed by atoms with Crippen LogP contribution < -0.4 is 5.73 Å². The van der Waals surface area contributed by atoms with Crippen LogP contribution in [0.1, 0.15) is 110 Å². The molecule has 1 atom stereocenters. The van der Waals surface area contributed by atoms with Gasteiger partial charge >= 0.3 is 17.9 Å². The van der Waals surface area contributed by atoms with Gasteiger partial charge in [0.1, 0.15) is 6.04 Å². The Morgan fingerprint density at radius 3 is 1.32 bits per heavy atom. The van der Waals surface area contributed by atoms with Crippen LogP contribution in [0.5, 0.6) is 0 Å². The zero-order valence-electron chi connectivity index (χ0n) is 17.5. The Kier molecular flexibility index (Phi) is 22.1. The number of hydrogen-bond donors (Lipinski definition) is 4. The molecule has 166 valence electrons. The standard InChI is InChI=1S/C16H32O2.C5H9NO4/c1-2-3-4-5-6-7-8-9-10-11-12-13-14-15-16(17)18;6-3(5(9)10)1-2-4(7)8/h2-15H2,1H3,(H,17,18);3H,1-2,6H2,(H,7,8)(H,9,10)/t;3-/m.0/s1. The molecule has 0 radical (unpaired) electrons. The van der Waals surface area contributed by atoms with Crippen molar-refractivity contribution >= 4 is 17.9 Å². The zero-order valence-corrected chi connectivity index (χ0v) is 17.5. The molecule has 0 aromatic rings. The van der Waals surface area contributed by atoms with Crippen molar-refractivity contribution in [3.05, 3.63) is 0 Å². The van der Waals surface area contributed by atoms with Gasteiger partial charge in [-0.25, -0.2) is 0 Å². The number of nitrogens with two attached hydrogens (primary N) is 1. The van der Waals surface area contributed by atoms with Crippen molar-refractivity contribution in [1.29, 1.82) is 0 Å². The number of hydrogen-bond acceptors (Lipinski definition) is 4. The molecule has 5 N–H and O–H groups in total. The molecule has 0 spiro atoms. The lowest BCUT2D eigenvalue weighted by Crippen LogP contribution is -2.30. The fourth-order valence-corrected chi connectivity index (χ4v) is 2.70. The van der Waals surface area contributed by atoms with Gasteiger partial charge in [-0.1, -0.05) is 84.0 Å². The lowest BCUT2D eigenvalue weighted by molar-refractivity contribution is -0.140. The Morgan fingerprint density at radius 1 is 0.643 bits per heavy atom. The van der Waals surface area contributed by atoms with Crippen LogP contribution in [0.3, 0.4) is 0 Å². The first-order valence-electron chi connectivity index (χ1n) is 10.7. The van der Waals surface area contributed by atoms with E-state index < -0.39 is 23.9 Å². The molecule has 0 unspecified atom stereocenters. The molecule has 0 heterocycles. The summed E-state index contributed by atoms with van der Waals surface area (Å²) in [6.07, 6.45) is 17.0. The molecule has 7 heteroatoms. The van der Waals surface area contributed by atoms with Crippen molar-refractivity contribution in [2.24, 2.45) is 5.73 Å². The van der Waals surface area contributed by atoms with E-state index in [0.29, 0.717) is 6.42 Å². The highest BCUT2D eigenvalue weighted by Gasteiger charge is 2.12. The molecule has 0 fully saturated rings. The SMILES string of the molecule is CCCCCCCCCCCCCCCC(=O)O.N[C@@H](CCC(=O)O)C(=O)O. The monoisotopic (exact) mass is 403 g/mol. The summed E-state index contributed by atoms with van der Waals surface area (Å²) in [5, 5.41) is 24.8. The van der Waals surface area contributed by atoms with E-state index in [1.807, 2.05) is 0 Å². The fraction of sp³-hybridized carbons (Fsp3) is 0.857. The predicted octanol–water partition coefficient (Wildman–Crippen LogP) is 4.82. The van der Waals surface area contributed by atoms with Gasteiger partial charge in [0.2, 0.25) is 0 Å². The van der Waals surface area contributed by atoms with Gasteiger partial charge in [0.15, 0.2) is 0 Å². The second-order valence-electron chi connectivity index (χ2n) is 7.26. The molecule has 0 amide bonds. The maximum atomic E-state index is 10.3. The van der Waals surface area contributed by atoms with E-state index in [2.05, 4.69) is 6.92 Å². The lowest BCUT2D eigenvalue weighted by Gasteiger charge is -2.02. The predicted molar refractivity (Wildman–Crippen MR) is 110 cm³/mol. The van der Waals surface area contributed by atoms with E-state index in [-0.39, 0.29) is 12.8 Å². The van der Waals surface area contributed by atoms with Crippen LogP contribution in [-0.4, -0.2) is 39.3 Å². The van der Waals surface area contributed by atoms with Crippen LogP contribution in [0.2, 0.25) is 0 Å². The van der Waals surface area contributed by atoms with Gasteiger partial charge in [0.25, 0.3) is 0 Å². The Bertz CT molecular complexity index is 400. The third-order valence-electron chi connectivity index (χ3n) is 4.48. The van der Waals surface area contributed by atoms with Crippen molar-refractivity contribution in [3.8, 4) is 0 Å². The van der Waals surface area contributed by atoms with Crippen molar-refractivity contribution < 1.29 is 29.7 Å². The first-order chi connectivity index (χ1) is 13.3. The minimum absolute atomic E-state index is 0.0231. The van der Waals surface area contributed by atoms with Gasteiger partial charge in [-0.15, -0.1) is 0 Å². The number of carboxylic acid groups (broad SMARTS) is 3. The van der Waals surface area contributed by atoms with E-state index >= 15 is 0 Å². The molecule has 0 aliphatic carbocycles. The molecule has 7 nitrogen and oxygen atoms in total. The largest absolute Gasteiger partial charge is 0.481 e. The normalized spacial score (nSPS) is 11.4. The Hall–Kier alpha value is -1.63. The summed E-state index contributed by atoms with van der Waals surface area (Å²) in [6, 6.07) is -1.06. The van der Waals surface area contributed by atoms with E-state index in [1.54, 1.807) is 0 Å². The van der Waals surface area contributed by atoms with Crippen LogP contribution in [0.4, 0.5) is 0 Å². The molecule has 0 saturated heterocycles. The quantitative estimate of drug-likeness (QED) is 0.241. The van der Waals surface area contributed by atoms with Gasteiger partial charge < -0.3 is 21.1 Å². The number of carboxylic acids is 3. The van der Waals surface area contributed by atoms with E-state index in [9.17, 15) is 14.4 Å². The Labute approximate surface area is 169 Å². The van der Waals surface area contributed by atoms with Crippen LogP contribution in [0.25, 0.3) is 0 Å². The van der Waals surface area contributed by atoms with Crippen LogP contribution in [-0.2, 0) is 14.4 Å². The molecule has 28 heavy (non-hydrogen) atoms. The van der Waals surface area contributed by atoms with Crippen LogP contribution in [0.15, 0.2) is 0 Å². The molecule has 0 aromatic carbocycles. The second-order valence-corrected chi connectivity index (χ2v) is 7.26. The first-order valence-corrected chi connectivity index (χ1v) is 10.7. The molecule has 0 bridgehead atoms. The maximum absolute atomic E-state index is 10.3. The smallest absolute Gasteiger partial charge is 0.320 e. The summed E-state index contributed by atoms with van der Waals surface area (Å²) >= 11 is 0. The summed E-state index contributed by atoms with van der Waals surface area (Å²) in [4.78, 5) is 30.2. The molecular weight excluding hydrogens is 362 g/mol. The third kappa shape index (κ3) is 26.6. The molecule has 0 rings (SSSR count). The zero-order chi connectivity index (χ0) is 21.6. The minimum atomic E-state index is -1.17. The highest BCUT2D eigenvalue weighted by atomic mass is 16.4. The van der Waals surface area contributed by atoms with E-state index in [4.69, 9.17) is 21.1 Å². The molecule has 0 aliphatic heterocycles. The molecule has 0 aliphatic rings. The van der Waals surface area contributed by atoms with E-state index in [0.717, 1.165) is 12.8 Å². The average Bonchev–Trinajstić information content (AvgIpc) is 2.63. The van der Waals surface area contributed by atoms with Crippen molar-refractivity contribution in [3.63, 3.8) is 0 Å². The topological polar surface area (TPSA) is 138 Å². The third-order valence-corrected chi connectivity index (χ3v) is 4.48. The number of rotatable bonds is 18. The minimum Gasteiger partial charge on any atom is -0.481 e. The summed E-state index contributed by atoms with van der Waals surface area (Å²) in [5.41, 5.74) is 5.00. The van der Waals surface area contributed by atoms with Crippen molar-refractivity contribution in [2.75, 3.05) is 0 Å². The second kappa shape index (κ2) is 21.7. The van der Waals surface area contributed by atoms with E-state index in [1.165, 1.54) is 70.6 Å². The molecule has 0 aromatic heterocycles. The van der Waals surface area contributed by atoms with Crippen LogP contribution in [0, 0.1) is 0 Å². The summed E-state index contributed by atoms with van der Waals surface area (Å²) in [5.74, 6) is -2.85.